The van der Waals surface area contributed by atoms with Crippen LogP contribution in [0.4, 0.5) is 5.69 Å². The first kappa shape index (κ1) is 7.24. The van der Waals surface area contributed by atoms with Gasteiger partial charge in [0.15, 0.2) is 5.58 Å². The molecule has 0 aliphatic rings. The van der Waals surface area contributed by atoms with Gasteiger partial charge in [-0.15, -0.1) is 0 Å². The van der Waals surface area contributed by atoms with Gasteiger partial charge in [-0.05, 0) is 12.1 Å². The fourth-order valence-corrected chi connectivity index (χ4v) is 1.28. The van der Waals surface area contributed by atoms with Gasteiger partial charge < -0.3 is 10.2 Å². The van der Waals surface area contributed by atoms with Gasteiger partial charge in [0.25, 0.3) is 0 Å². The second-order valence-corrected chi connectivity index (χ2v) is 2.82. The maximum atomic E-state index is 10.7. The zero-order valence-electron chi connectivity index (χ0n) is 5.93. The SMILES string of the molecule is Nc1cc(Cl)cc2[nH]c(=O)oc12. The fourth-order valence-electron chi connectivity index (χ4n) is 1.05. The molecule has 2 rings (SSSR count). The Kier molecular flexibility index (Phi) is 1.38. The van der Waals surface area contributed by atoms with Crippen LogP contribution in [0.1, 0.15) is 0 Å². The summed E-state index contributed by atoms with van der Waals surface area (Å²) in [6, 6.07) is 3.11. The smallest absolute Gasteiger partial charge is 0.406 e. The van der Waals surface area contributed by atoms with Gasteiger partial charge in [-0.3, -0.25) is 4.98 Å². The fraction of sp³-hybridized carbons (Fsp3) is 0. The average molecular weight is 185 g/mol. The molecule has 3 N–H and O–H groups in total. The molecule has 0 bridgehead atoms. The van der Waals surface area contributed by atoms with E-state index in [2.05, 4.69) is 4.98 Å². The Morgan fingerprint density at radius 3 is 3.00 bits per heavy atom. The van der Waals surface area contributed by atoms with Crippen LogP contribution in [-0.4, -0.2) is 4.98 Å². The molecule has 0 aliphatic carbocycles. The Labute approximate surface area is 71.9 Å². The molecule has 0 fully saturated rings. The molecule has 62 valence electrons. The highest BCUT2D eigenvalue weighted by Crippen LogP contribution is 2.22. The number of nitrogen functional groups attached to an aromatic ring is 1. The molecule has 5 heteroatoms. The van der Waals surface area contributed by atoms with E-state index in [9.17, 15) is 4.79 Å². The van der Waals surface area contributed by atoms with Crippen LogP contribution in [-0.2, 0) is 0 Å². The zero-order chi connectivity index (χ0) is 8.72. The van der Waals surface area contributed by atoms with Gasteiger partial charge in [-0.1, -0.05) is 11.6 Å². The standard InChI is InChI=1S/C7H5ClN2O2/c8-3-1-4(9)6-5(2-3)10-7(11)12-6/h1-2H,9H2,(H,10,11). The number of aromatic amines is 1. The Balaban J connectivity index is 2.97. The van der Waals surface area contributed by atoms with E-state index in [-0.39, 0.29) is 0 Å². The third kappa shape index (κ3) is 0.967. The molecule has 2 aromatic rings. The normalized spacial score (nSPS) is 10.8. The molecule has 0 saturated carbocycles. The highest BCUT2D eigenvalue weighted by Gasteiger charge is 2.05. The number of nitrogens with one attached hydrogen (secondary N) is 1. The summed E-state index contributed by atoms with van der Waals surface area (Å²) in [6.07, 6.45) is 0. The topological polar surface area (TPSA) is 72.0 Å². The van der Waals surface area contributed by atoms with E-state index in [0.717, 1.165) is 0 Å². The Hall–Kier alpha value is -1.42. The van der Waals surface area contributed by atoms with E-state index in [1.807, 2.05) is 0 Å². The summed E-state index contributed by atoms with van der Waals surface area (Å²) in [6.45, 7) is 0. The molecule has 0 saturated heterocycles. The third-order valence-electron chi connectivity index (χ3n) is 1.51. The van der Waals surface area contributed by atoms with E-state index in [1.165, 1.54) is 6.07 Å². The van der Waals surface area contributed by atoms with Crippen molar-refractivity contribution in [2.75, 3.05) is 5.73 Å². The van der Waals surface area contributed by atoms with Gasteiger partial charge in [-0.2, -0.15) is 0 Å². The number of H-pyrrole nitrogens is 1. The average Bonchev–Trinajstić information content (AvgIpc) is 2.29. The number of nitrogens with two attached hydrogens (primary N) is 1. The maximum Gasteiger partial charge on any atom is 0.417 e. The molecule has 1 aromatic heterocycles. The third-order valence-corrected chi connectivity index (χ3v) is 1.73. The van der Waals surface area contributed by atoms with Crippen molar-refractivity contribution in [3.8, 4) is 0 Å². The van der Waals surface area contributed by atoms with Gasteiger partial charge in [0, 0.05) is 5.02 Å². The lowest BCUT2D eigenvalue weighted by molar-refractivity contribution is 0.556. The number of halogens is 1. The number of anilines is 1. The second-order valence-electron chi connectivity index (χ2n) is 2.39. The molecular weight excluding hydrogens is 180 g/mol. The molecule has 4 nitrogen and oxygen atoms in total. The second kappa shape index (κ2) is 2.28. The van der Waals surface area contributed by atoms with Gasteiger partial charge in [-0.25, -0.2) is 4.79 Å². The lowest BCUT2D eigenvalue weighted by atomic mass is 10.3. The minimum absolute atomic E-state index is 0.351. The molecule has 0 aliphatic heterocycles. The van der Waals surface area contributed by atoms with Gasteiger partial charge in [0.05, 0.1) is 11.2 Å². The van der Waals surface area contributed by atoms with Crippen LogP contribution in [0.3, 0.4) is 0 Å². The van der Waals surface area contributed by atoms with Crippen LogP contribution >= 0.6 is 11.6 Å². The van der Waals surface area contributed by atoms with Crippen LogP contribution in [0, 0.1) is 0 Å². The highest BCUT2D eigenvalue weighted by atomic mass is 35.5. The van der Waals surface area contributed by atoms with E-state index in [1.54, 1.807) is 6.07 Å². The van der Waals surface area contributed by atoms with E-state index < -0.39 is 5.76 Å². The monoisotopic (exact) mass is 184 g/mol. The number of hydrogen-bond acceptors (Lipinski definition) is 3. The summed E-state index contributed by atoms with van der Waals surface area (Å²) >= 11 is 5.69. The molecule has 0 amide bonds. The zero-order valence-corrected chi connectivity index (χ0v) is 6.68. The van der Waals surface area contributed by atoms with E-state index in [0.29, 0.717) is 21.8 Å². The Bertz CT molecular complexity index is 486. The predicted octanol–water partition coefficient (Wildman–Crippen LogP) is 1.36. The molecular formula is C7H5ClN2O2. The summed E-state index contributed by atoms with van der Waals surface area (Å²) in [5.41, 5.74) is 6.76. The van der Waals surface area contributed by atoms with Gasteiger partial charge in [0.1, 0.15) is 0 Å². The van der Waals surface area contributed by atoms with Crippen molar-refractivity contribution >= 4 is 28.4 Å². The van der Waals surface area contributed by atoms with E-state index in [4.69, 9.17) is 21.8 Å². The van der Waals surface area contributed by atoms with Crippen LogP contribution in [0.5, 0.6) is 0 Å². The lowest BCUT2D eigenvalue weighted by Crippen LogP contribution is -1.92. The molecule has 0 atom stereocenters. The Morgan fingerprint density at radius 1 is 1.50 bits per heavy atom. The largest absolute Gasteiger partial charge is 0.417 e. The number of benzene rings is 1. The predicted molar refractivity (Wildman–Crippen MR) is 46.3 cm³/mol. The quantitative estimate of drug-likeness (QED) is 0.608. The van der Waals surface area contributed by atoms with Crippen molar-refractivity contribution in [2.45, 2.75) is 0 Å². The first-order chi connectivity index (χ1) is 5.66. The first-order valence-electron chi connectivity index (χ1n) is 3.24. The van der Waals surface area contributed by atoms with Crippen LogP contribution in [0.15, 0.2) is 21.3 Å². The lowest BCUT2D eigenvalue weighted by Gasteiger charge is -1.93. The van der Waals surface area contributed by atoms with Gasteiger partial charge >= 0.3 is 5.76 Å². The molecule has 1 aromatic carbocycles. The van der Waals surface area contributed by atoms with Crippen molar-refractivity contribution in [2.24, 2.45) is 0 Å². The molecule has 0 radical (unpaired) electrons. The van der Waals surface area contributed by atoms with Crippen LogP contribution in [0.2, 0.25) is 5.02 Å². The van der Waals surface area contributed by atoms with Crippen molar-refractivity contribution in [1.29, 1.82) is 0 Å². The summed E-state index contributed by atoms with van der Waals surface area (Å²) < 4.78 is 4.76. The van der Waals surface area contributed by atoms with Crippen molar-refractivity contribution in [3.63, 3.8) is 0 Å². The first-order valence-corrected chi connectivity index (χ1v) is 3.62. The highest BCUT2D eigenvalue weighted by molar-refractivity contribution is 6.31. The van der Waals surface area contributed by atoms with Gasteiger partial charge in [0.2, 0.25) is 0 Å². The summed E-state index contributed by atoms with van der Waals surface area (Å²) in [5, 5.41) is 0.469. The van der Waals surface area contributed by atoms with Crippen molar-refractivity contribution in [1.82, 2.24) is 4.98 Å². The molecule has 12 heavy (non-hydrogen) atoms. The summed E-state index contributed by atoms with van der Waals surface area (Å²) in [5.74, 6) is -0.529. The van der Waals surface area contributed by atoms with Crippen LogP contribution < -0.4 is 11.5 Å². The maximum absolute atomic E-state index is 10.7. The number of oxazole rings is 1. The number of rotatable bonds is 0. The minimum Gasteiger partial charge on any atom is -0.406 e. The van der Waals surface area contributed by atoms with Crippen molar-refractivity contribution in [3.05, 3.63) is 27.7 Å². The molecule has 1 heterocycles. The molecule has 0 unspecified atom stereocenters. The van der Waals surface area contributed by atoms with E-state index >= 15 is 0 Å². The minimum atomic E-state index is -0.529. The number of hydrogen-bond donors (Lipinski definition) is 2. The summed E-state index contributed by atoms with van der Waals surface area (Å²) in [4.78, 5) is 13.2. The number of fused-ring (bicyclic) bond motifs is 1. The van der Waals surface area contributed by atoms with Crippen molar-refractivity contribution < 1.29 is 4.42 Å². The Morgan fingerprint density at radius 2 is 2.25 bits per heavy atom. The summed E-state index contributed by atoms with van der Waals surface area (Å²) in [7, 11) is 0. The van der Waals surface area contributed by atoms with Crippen LogP contribution in [0.25, 0.3) is 11.1 Å². The number of aromatic nitrogens is 1. The molecule has 0 spiro atoms.